The monoisotopic (exact) mass is 489 g/mol. The minimum Gasteiger partial charge on any atom is -0.381 e. The maximum atomic E-state index is 13.9. The highest BCUT2D eigenvalue weighted by Crippen LogP contribution is 2.34. The Balaban J connectivity index is 1.43. The Bertz CT molecular complexity index is 1230. The van der Waals surface area contributed by atoms with E-state index in [1.165, 1.54) is 0 Å². The molecule has 2 aliphatic rings. The molecule has 180 valence electrons. The summed E-state index contributed by atoms with van der Waals surface area (Å²) < 4.78 is 34.1. The fourth-order valence-corrected chi connectivity index (χ4v) is 5.65. The lowest BCUT2D eigenvalue weighted by molar-refractivity contribution is -0.122. The van der Waals surface area contributed by atoms with Crippen LogP contribution in [0.25, 0.3) is 10.3 Å². The van der Waals surface area contributed by atoms with Crippen LogP contribution in [-0.2, 0) is 16.1 Å². The SMILES string of the molecule is O=C(NCc1ccccc1)[C@H]1CCCN1c1nc2c(=O)n(C3CCOCC3)c(C(F)F)nc2s1. The number of carbonyl (C=O) groups excluding carboxylic acids is 1. The maximum Gasteiger partial charge on any atom is 0.295 e. The van der Waals surface area contributed by atoms with Crippen molar-refractivity contribution in [3.63, 3.8) is 0 Å². The molecule has 2 saturated heterocycles. The molecule has 0 aliphatic carbocycles. The van der Waals surface area contributed by atoms with E-state index in [1.807, 2.05) is 35.2 Å². The number of nitrogens with zero attached hydrogens (tertiary/aromatic N) is 4. The lowest BCUT2D eigenvalue weighted by Gasteiger charge is -2.25. The minimum atomic E-state index is -2.88. The van der Waals surface area contributed by atoms with Gasteiger partial charge in [0.2, 0.25) is 5.91 Å². The first-order chi connectivity index (χ1) is 16.5. The number of benzene rings is 1. The zero-order valence-corrected chi connectivity index (χ0v) is 19.3. The molecule has 1 atom stereocenters. The average molecular weight is 490 g/mol. The first-order valence-electron chi connectivity index (χ1n) is 11.4. The molecule has 8 nitrogen and oxygen atoms in total. The van der Waals surface area contributed by atoms with Gasteiger partial charge in [-0.25, -0.2) is 18.7 Å². The lowest BCUT2D eigenvalue weighted by Crippen LogP contribution is -2.43. The largest absolute Gasteiger partial charge is 0.381 e. The van der Waals surface area contributed by atoms with Gasteiger partial charge in [-0.05, 0) is 31.2 Å². The highest BCUT2D eigenvalue weighted by atomic mass is 32.1. The molecule has 0 spiro atoms. The summed E-state index contributed by atoms with van der Waals surface area (Å²) in [7, 11) is 0. The molecule has 1 amide bonds. The smallest absolute Gasteiger partial charge is 0.295 e. The first-order valence-corrected chi connectivity index (χ1v) is 12.2. The Labute approximate surface area is 198 Å². The second-order valence-corrected chi connectivity index (χ2v) is 9.45. The fraction of sp³-hybridized carbons (Fsp3) is 0.478. The number of aromatic nitrogens is 3. The number of ether oxygens (including phenoxy) is 1. The topological polar surface area (TPSA) is 89.4 Å². The van der Waals surface area contributed by atoms with Crippen LogP contribution in [0.2, 0.25) is 0 Å². The number of hydrogen-bond acceptors (Lipinski definition) is 7. The third-order valence-electron chi connectivity index (χ3n) is 6.34. The molecule has 0 saturated carbocycles. The zero-order chi connectivity index (χ0) is 23.7. The summed E-state index contributed by atoms with van der Waals surface area (Å²) in [6, 6.07) is 8.80. The summed E-state index contributed by atoms with van der Waals surface area (Å²) >= 11 is 1.08. The maximum absolute atomic E-state index is 13.9. The number of nitrogens with one attached hydrogen (secondary N) is 1. The summed E-state index contributed by atoms with van der Waals surface area (Å²) in [4.78, 5) is 36.8. The quantitative estimate of drug-likeness (QED) is 0.571. The van der Waals surface area contributed by atoms with E-state index < -0.39 is 29.9 Å². The van der Waals surface area contributed by atoms with Gasteiger partial charge in [0.25, 0.3) is 12.0 Å². The van der Waals surface area contributed by atoms with Gasteiger partial charge in [-0.2, -0.15) is 0 Å². The number of rotatable bonds is 6. The molecule has 3 aromatic rings. The van der Waals surface area contributed by atoms with Gasteiger partial charge in [-0.1, -0.05) is 41.7 Å². The van der Waals surface area contributed by atoms with Crippen molar-refractivity contribution in [2.24, 2.45) is 0 Å². The molecule has 2 aromatic heterocycles. The molecule has 1 N–H and O–H groups in total. The summed E-state index contributed by atoms with van der Waals surface area (Å²) in [6.07, 6.45) is -0.493. The summed E-state index contributed by atoms with van der Waals surface area (Å²) in [5.41, 5.74) is 0.517. The second kappa shape index (κ2) is 9.75. The van der Waals surface area contributed by atoms with Gasteiger partial charge in [0, 0.05) is 32.3 Å². The third kappa shape index (κ3) is 4.41. The van der Waals surface area contributed by atoms with Gasteiger partial charge in [0.15, 0.2) is 21.3 Å². The van der Waals surface area contributed by atoms with Gasteiger partial charge in [0.1, 0.15) is 6.04 Å². The highest BCUT2D eigenvalue weighted by Gasteiger charge is 2.34. The highest BCUT2D eigenvalue weighted by molar-refractivity contribution is 7.21. The van der Waals surface area contributed by atoms with Gasteiger partial charge in [0.05, 0.1) is 0 Å². The fourth-order valence-electron chi connectivity index (χ4n) is 4.64. The third-order valence-corrected chi connectivity index (χ3v) is 7.33. The van der Waals surface area contributed by atoms with Crippen LogP contribution in [0.4, 0.5) is 13.9 Å². The molecule has 4 heterocycles. The summed E-state index contributed by atoms with van der Waals surface area (Å²) in [6.45, 7) is 1.83. The van der Waals surface area contributed by atoms with Crippen molar-refractivity contribution in [2.45, 2.75) is 50.7 Å². The van der Waals surface area contributed by atoms with Crippen LogP contribution in [-0.4, -0.2) is 46.2 Å². The van der Waals surface area contributed by atoms with Gasteiger partial charge >= 0.3 is 0 Å². The van der Waals surface area contributed by atoms with E-state index in [0.29, 0.717) is 50.7 Å². The molecule has 0 bridgehead atoms. The van der Waals surface area contributed by atoms with Crippen molar-refractivity contribution < 1.29 is 18.3 Å². The molecule has 0 unspecified atom stereocenters. The van der Waals surface area contributed by atoms with Crippen molar-refractivity contribution in [1.29, 1.82) is 0 Å². The van der Waals surface area contributed by atoms with Crippen LogP contribution in [0.3, 0.4) is 0 Å². The molecule has 0 radical (unpaired) electrons. The van der Waals surface area contributed by atoms with Crippen molar-refractivity contribution in [3.8, 4) is 0 Å². The number of thiazole rings is 1. The van der Waals surface area contributed by atoms with E-state index in [1.54, 1.807) is 0 Å². The zero-order valence-electron chi connectivity index (χ0n) is 18.5. The van der Waals surface area contributed by atoms with Crippen LogP contribution in [0.5, 0.6) is 0 Å². The lowest BCUT2D eigenvalue weighted by atomic mass is 10.1. The van der Waals surface area contributed by atoms with Crippen LogP contribution in [0.1, 0.15) is 49.5 Å². The average Bonchev–Trinajstić information content (AvgIpc) is 3.51. The Hall–Kier alpha value is -2.92. The number of fused-ring (bicyclic) bond motifs is 1. The predicted molar refractivity (Wildman–Crippen MR) is 124 cm³/mol. The Morgan fingerprint density at radius 3 is 2.68 bits per heavy atom. The van der Waals surface area contributed by atoms with E-state index >= 15 is 0 Å². The number of amides is 1. The van der Waals surface area contributed by atoms with Gasteiger partial charge < -0.3 is 15.0 Å². The van der Waals surface area contributed by atoms with Gasteiger partial charge in [-0.3, -0.25) is 14.2 Å². The number of halogens is 2. The summed E-state index contributed by atoms with van der Waals surface area (Å²) in [5.74, 6) is -0.653. The van der Waals surface area contributed by atoms with E-state index in [0.717, 1.165) is 27.9 Å². The number of anilines is 1. The Morgan fingerprint density at radius 1 is 1.18 bits per heavy atom. The van der Waals surface area contributed by atoms with Crippen LogP contribution >= 0.6 is 11.3 Å². The van der Waals surface area contributed by atoms with E-state index in [4.69, 9.17) is 4.74 Å². The number of carbonyl (C=O) groups is 1. The van der Waals surface area contributed by atoms with Crippen LogP contribution < -0.4 is 15.8 Å². The van der Waals surface area contributed by atoms with Crippen LogP contribution in [0, 0.1) is 0 Å². The van der Waals surface area contributed by atoms with E-state index in [-0.39, 0.29) is 16.3 Å². The normalized spacial score (nSPS) is 19.3. The van der Waals surface area contributed by atoms with Gasteiger partial charge in [-0.15, -0.1) is 0 Å². The van der Waals surface area contributed by atoms with E-state index in [9.17, 15) is 18.4 Å². The number of alkyl halides is 2. The molecule has 2 aliphatic heterocycles. The predicted octanol–water partition coefficient (Wildman–Crippen LogP) is 3.43. The van der Waals surface area contributed by atoms with Crippen molar-refractivity contribution in [3.05, 3.63) is 52.1 Å². The molecule has 11 heteroatoms. The molecule has 1 aromatic carbocycles. The Kier molecular flexibility index (Phi) is 6.55. The second-order valence-electron chi connectivity index (χ2n) is 8.49. The number of hydrogen-bond donors (Lipinski definition) is 1. The van der Waals surface area contributed by atoms with Crippen molar-refractivity contribution >= 4 is 32.7 Å². The summed E-state index contributed by atoms with van der Waals surface area (Å²) in [5, 5.41) is 3.43. The van der Waals surface area contributed by atoms with Crippen molar-refractivity contribution in [2.75, 3.05) is 24.7 Å². The minimum absolute atomic E-state index is 0.0752. The Morgan fingerprint density at radius 2 is 1.94 bits per heavy atom. The molecular weight excluding hydrogens is 464 g/mol. The standard InChI is InChI=1S/C23H25F2N5O3S/c24-18(25)19-28-21-17(22(32)30(19)15-8-11-33-12-9-15)27-23(34-21)29-10-4-7-16(29)20(31)26-13-14-5-2-1-3-6-14/h1-3,5-6,15-16,18H,4,7-13H2,(H,26,31)/t16-/m1/s1. The molecular formula is C23H25F2N5O3S. The molecule has 2 fully saturated rings. The van der Waals surface area contributed by atoms with E-state index in [2.05, 4.69) is 15.3 Å². The van der Waals surface area contributed by atoms with Crippen molar-refractivity contribution in [1.82, 2.24) is 19.9 Å². The van der Waals surface area contributed by atoms with Crippen LogP contribution in [0.15, 0.2) is 35.1 Å². The molecule has 5 rings (SSSR count). The molecule has 34 heavy (non-hydrogen) atoms. The first kappa shape index (κ1) is 22.9.